The average Bonchev–Trinajstić information content (AvgIpc) is 2.92. The van der Waals surface area contributed by atoms with Crippen molar-refractivity contribution in [2.24, 2.45) is 0 Å². The number of imide groups is 1. The molecular weight excluding hydrogens is 411 g/mol. The molecule has 1 saturated heterocycles. The third-order valence-electron chi connectivity index (χ3n) is 4.41. The quantitative estimate of drug-likeness (QED) is 0.722. The smallest absolute Gasteiger partial charge is 0.314 e. The van der Waals surface area contributed by atoms with Crippen LogP contribution in [0.5, 0.6) is 0 Å². The number of nitrogens with one attached hydrogen (secondary N) is 2. The van der Waals surface area contributed by atoms with E-state index >= 15 is 0 Å². The molecule has 0 unspecified atom stereocenters. The first kappa shape index (κ1) is 20.7. The fraction of sp³-hybridized carbons (Fsp3) is 0.211. The second-order valence-electron chi connectivity index (χ2n) is 6.33. The first-order valence-electron chi connectivity index (χ1n) is 8.47. The van der Waals surface area contributed by atoms with Crippen molar-refractivity contribution in [1.29, 1.82) is 0 Å². The van der Waals surface area contributed by atoms with Gasteiger partial charge in [-0.25, -0.2) is 4.79 Å². The van der Waals surface area contributed by atoms with Gasteiger partial charge in [0.05, 0.1) is 0 Å². The topological polar surface area (TPSA) is 78.5 Å². The molecule has 0 saturated carbocycles. The van der Waals surface area contributed by atoms with Gasteiger partial charge in [0.15, 0.2) is 0 Å². The van der Waals surface area contributed by atoms with E-state index in [0.29, 0.717) is 4.90 Å². The van der Waals surface area contributed by atoms with Crippen molar-refractivity contribution in [3.8, 4) is 0 Å². The molecule has 0 spiro atoms. The lowest BCUT2D eigenvalue weighted by molar-refractivity contribution is -0.200. The van der Waals surface area contributed by atoms with Crippen LogP contribution in [0.2, 0.25) is 5.02 Å². The van der Waals surface area contributed by atoms with E-state index in [9.17, 15) is 27.6 Å². The summed E-state index contributed by atoms with van der Waals surface area (Å²) in [5.74, 6) is -2.77. The van der Waals surface area contributed by atoms with Crippen LogP contribution in [-0.2, 0) is 11.2 Å². The minimum atomic E-state index is -5.26. The Bertz CT molecular complexity index is 935. The highest BCUT2D eigenvalue weighted by Crippen LogP contribution is 2.34. The molecule has 0 aromatic heterocycles. The summed E-state index contributed by atoms with van der Waals surface area (Å²) in [6, 6.07) is 12.5. The second kappa shape index (κ2) is 7.75. The van der Waals surface area contributed by atoms with Crippen molar-refractivity contribution in [3.63, 3.8) is 0 Å². The van der Waals surface area contributed by atoms with Gasteiger partial charge < -0.3 is 5.32 Å². The molecule has 29 heavy (non-hydrogen) atoms. The van der Waals surface area contributed by atoms with Gasteiger partial charge in [-0.2, -0.15) is 13.2 Å². The number of alkyl halides is 3. The largest absolute Gasteiger partial charge is 0.440 e. The monoisotopic (exact) mass is 425 g/mol. The zero-order valence-corrected chi connectivity index (χ0v) is 15.6. The van der Waals surface area contributed by atoms with E-state index < -0.39 is 29.7 Å². The summed E-state index contributed by atoms with van der Waals surface area (Å²) in [6.07, 6.45) is -5.09. The Hall–Kier alpha value is -3.07. The lowest BCUT2D eigenvalue weighted by Gasteiger charge is -2.29. The molecule has 4 amide bonds. The number of benzene rings is 2. The fourth-order valence-electron chi connectivity index (χ4n) is 2.86. The lowest BCUT2D eigenvalue weighted by atomic mass is 10.1. The van der Waals surface area contributed by atoms with Crippen LogP contribution >= 0.6 is 11.6 Å². The van der Waals surface area contributed by atoms with Crippen molar-refractivity contribution in [3.05, 3.63) is 70.7 Å². The molecule has 1 fully saturated rings. The fourth-order valence-corrected chi connectivity index (χ4v) is 2.98. The standard InChI is InChI=1S/C19H15ClF3N3O3/c20-14-8-6-13(7-9-14)15(27)24-18(19(21,22)23)16(28)26(17(29)25-18)11-10-12-4-2-1-3-5-12/h1-9H,10-11H2,(H,24,27)(H,25,29)/t18-/m1/s1. The van der Waals surface area contributed by atoms with Gasteiger partial charge >= 0.3 is 12.2 Å². The van der Waals surface area contributed by atoms with Crippen LogP contribution in [0.25, 0.3) is 0 Å². The third kappa shape index (κ3) is 4.04. The molecule has 10 heteroatoms. The summed E-state index contributed by atoms with van der Waals surface area (Å²) in [5.41, 5.74) is -2.96. The molecule has 0 radical (unpaired) electrons. The SMILES string of the molecule is O=C(N[C@@]1(C(F)(F)F)NC(=O)N(CCc2ccccc2)C1=O)c1ccc(Cl)cc1. The van der Waals surface area contributed by atoms with Gasteiger partial charge in [0.2, 0.25) is 0 Å². The maximum atomic E-state index is 13.8. The Morgan fingerprint density at radius 1 is 1.07 bits per heavy atom. The Morgan fingerprint density at radius 2 is 1.69 bits per heavy atom. The summed E-state index contributed by atoms with van der Waals surface area (Å²) in [4.78, 5) is 37.5. The summed E-state index contributed by atoms with van der Waals surface area (Å²) < 4.78 is 41.5. The van der Waals surface area contributed by atoms with Crippen molar-refractivity contribution in [2.45, 2.75) is 18.3 Å². The van der Waals surface area contributed by atoms with Crippen LogP contribution in [-0.4, -0.2) is 41.1 Å². The number of halogens is 4. The number of carbonyl (C=O) groups is 3. The minimum absolute atomic E-state index is 0.150. The molecule has 0 aliphatic carbocycles. The minimum Gasteiger partial charge on any atom is -0.314 e. The van der Waals surface area contributed by atoms with E-state index in [1.807, 2.05) is 0 Å². The van der Waals surface area contributed by atoms with Crippen LogP contribution < -0.4 is 10.6 Å². The molecule has 152 valence electrons. The van der Waals surface area contributed by atoms with Crippen LogP contribution in [0.4, 0.5) is 18.0 Å². The highest BCUT2D eigenvalue weighted by atomic mass is 35.5. The number of carbonyl (C=O) groups excluding carboxylic acids is 3. The van der Waals surface area contributed by atoms with E-state index in [1.165, 1.54) is 24.3 Å². The summed E-state index contributed by atoms with van der Waals surface area (Å²) >= 11 is 5.70. The van der Waals surface area contributed by atoms with Crippen molar-refractivity contribution in [2.75, 3.05) is 6.54 Å². The second-order valence-corrected chi connectivity index (χ2v) is 6.77. The first-order chi connectivity index (χ1) is 13.6. The van der Waals surface area contributed by atoms with Crippen LogP contribution in [0, 0.1) is 0 Å². The molecule has 1 aliphatic rings. The third-order valence-corrected chi connectivity index (χ3v) is 4.66. The van der Waals surface area contributed by atoms with Gasteiger partial charge in [-0.3, -0.25) is 19.8 Å². The van der Waals surface area contributed by atoms with Gasteiger partial charge in [-0.15, -0.1) is 0 Å². The van der Waals surface area contributed by atoms with E-state index in [-0.39, 0.29) is 23.6 Å². The average molecular weight is 426 g/mol. The molecule has 0 bridgehead atoms. The van der Waals surface area contributed by atoms with Gasteiger partial charge in [0.25, 0.3) is 17.5 Å². The lowest BCUT2D eigenvalue weighted by Crippen LogP contribution is -2.69. The predicted octanol–water partition coefficient (Wildman–Crippen LogP) is 3.12. The summed E-state index contributed by atoms with van der Waals surface area (Å²) in [6.45, 7) is -0.274. The van der Waals surface area contributed by atoms with Crippen LogP contribution in [0.1, 0.15) is 15.9 Å². The highest BCUT2D eigenvalue weighted by Gasteiger charge is 2.68. The van der Waals surface area contributed by atoms with Crippen molar-refractivity contribution in [1.82, 2.24) is 15.5 Å². The van der Waals surface area contributed by atoms with Crippen molar-refractivity contribution < 1.29 is 27.6 Å². The Labute approximate surface area is 168 Å². The number of urea groups is 1. The number of hydrogen-bond donors (Lipinski definition) is 2. The number of nitrogens with zero attached hydrogens (tertiary/aromatic N) is 1. The number of rotatable bonds is 5. The van der Waals surface area contributed by atoms with Crippen molar-refractivity contribution >= 4 is 29.4 Å². The molecule has 6 nitrogen and oxygen atoms in total. The van der Waals surface area contributed by atoms with E-state index in [0.717, 1.165) is 5.56 Å². The highest BCUT2D eigenvalue weighted by molar-refractivity contribution is 6.30. The Morgan fingerprint density at radius 3 is 2.28 bits per heavy atom. The molecule has 2 aromatic rings. The van der Waals surface area contributed by atoms with Gasteiger partial charge in [0, 0.05) is 17.1 Å². The molecule has 2 aromatic carbocycles. The normalized spacial score (nSPS) is 19.2. The Kier molecular flexibility index (Phi) is 5.52. The number of amides is 4. The zero-order valence-electron chi connectivity index (χ0n) is 14.8. The Balaban J connectivity index is 1.84. The zero-order chi connectivity index (χ0) is 21.2. The molecule has 2 N–H and O–H groups in total. The predicted molar refractivity (Wildman–Crippen MR) is 98.1 cm³/mol. The molecule has 1 aliphatic heterocycles. The van der Waals surface area contributed by atoms with Crippen LogP contribution in [0.15, 0.2) is 54.6 Å². The van der Waals surface area contributed by atoms with Gasteiger partial charge in [0.1, 0.15) is 0 Å². The van der Waals surface area contributed by atoms with E-state index in [1.54, 1.807) is 41.0 Å². The molecule has 3 rings (SSSR count). The summed E-state index contributed by atoms with van der Waals surface area (Å²) in [5, 5.41) is 3.54. The molecular formula is C19H15ClF3N3O3. The number of hydrogen-bond acceptors (Lipinski definition) is 3. The first-order valence-corrected chi connectivity index (χ1v) is 8.85. The van der Waals surface area contributed by atoms with Crippen LogP contribution in [0.3, 0.4) is 0 Å². The van der Waals surface area contributed by atoms with E-state index in [2.05, 4.69) is 0 Å². The maximum Gasteiger partial charge on any atom is 0.440 e. The maximum absolute atomic E-state index is 13.8. The van der Waals surface area contributed by atoms with Gasteiger partial charge in [-0.1, -0.05) is 41.9 Å². The molecule has 1 atom stereocenters. The molecule has 1 heterocycles. The van der Waals surface area contributed by atoms with E-state index in [4.69, 9.17) is 11.6 Å². The van der Waals surface area contributed by atoms with Gasteiger partial charge in [-0.05, 0) is 36.2 Å². The summed E-state index contributed by atoms with van der Waals surface area (Å²) in [7, 11) is 0.